The second-order valence-corrected chi connectivity index (χ2v) is 4.88. The molecule has 0 radical (unpaired) electrons. The number of terminal acetylenes is 1. The van der Waals surface area contributed by atoms with Crippen LogP contribution in [0, 0.1) is 12.3 Å². The van der Waals surface area contributed by atoms with Crippen LogP contribution in [-0.4, -0.2) is 6.61 Å². The van der Waals surface area contributed by atoms with Gasteiger partial charge in [0.05, 0.1) is 0 Å². The average molecular weight is 316 g/mol. The predicted octanol–water partition coefficient (Wildman–Crippen LogP) is 4.07. The molecule has 2 rings (SSSR count). The first kappa shape index (κ1) is 13.5. The number of para-hydroxylation sites is 1. The van der Waals surface area contributed by atoms with Crippen molar-refractivity contribution in [1.29, 1.82) is 0 Å². The molecule has 0 bridgehead atoms. The molecule has 0 atom stereocenters. The van der Waals surface area contributed by atoms with Gasteiger partial charge in [-0.25, -0.2) is 0 Å². The Morgan fingerprint density at radius 1 is 1.16 bits per heavy atom. The molecule has 0 aliphatic heterocycles. The van der Waals surface area contributed by atoms with E-state index >= 15 is 0 Å². The molecule has 3 heteroatoms. The summed E-state index contributed by atoms with van der Waals surface area (Å²) in [6, 6.07) is 15.9. The Morgan fingerprint density at radius 2 is 2.00 bits per heavy atom. The Labute approximate surface area is 121 Å². The number of benzene rings is 2. The van der Waals surface area contributed by atoms with Gasteiger partial charge in [0.15, 0.2) is 0 Å². The van der Waals surface area contributed by atoms with Gasteiger partial charge in [-0.1, -0.05) is 46.1 Å². The van der Waals surface area contributed by atoms with Gasteiger partial charge in [0.2, 0.25) is 0 Å². The third kappa shape index (κ3) is 4.04. The molecule has 0 aliphatic carbocycles. The molecule has 0 aliphatic rings. The van der Waals surface area contributed by atoms with Crippen molar-refractivity contribution in [2.75, 3.05) is 11.9 Å². The molecule has 0 amide bonds. The van der Waals surface area contributed by atoms with E-state index in [1.165, 1.54) is 0 Å². The zero-order valence-corrected chi connectivity index (χ0v) is 12.0. The van der Waals surface area contributed by atoms with Crippen LogP contribution in [0.25, 0.3) is 0 Å². The van der Waals surface area contributed by atoms with Crippen LogP contribution in [0.1, 0.15) is 5.56 Å². The lowest BCUT2D eigenvalue weighted by Gasteiger charge is -2.11. The van der Waals surface area contributed by atoms with E-state index in [4.69, 9.17) is 11.2 Å². The third-order valence-corrected chi connectivity index (χ3v) is 3.08. The Bertz CT molecular complexity index is 589. The largest absolute Gasteiger partial charge is 0.481 e. The maximum atomic E-state index is 5.51. The highest BCUT2D eigenvalue weighted by atomic mass is 79.9. The van der Waals surface area contributed by atoms with E-state index in [2.05, 4.69) is 27.2 Å². The lowest BCUT2D eigenvalue weighted by Crippen LogP contribution is -2.03. The number of rotatable bonds is 5. The zero-order chi connectivity index (χ0) is 13.5. The van der Waals surface area contributed by atoms with Crippen LogP contribution >= 0.6 is 15.9 Å². The fraction of sp³-hybridized carbons (Fsp3) is 0.125. The molecule has 0 fully saturated rings. The summed E-state index contributed by atoms with van der Waals surface area (Å²) in [4.78, 5) is 0. The standard InChI is InChI=1S/C16H14BrNO/c1-2-10-19-16-9-4-3-6-13(16)12-18-15-8-5-7-14(17)11-15/h1,3-9,11,18H,10,12H2. The van der Waals surface area contributed by atoms with Gasteiger partial charge >= 0.3 is 0 Å². The summed E-state index contributed by atoms with van der Waals surface area (Å²) in [5, 5.41) is 3.36. The summed E-state index contributed by atoms with van der Waals surface area (Å²) in [6.45, 7) is 0.977. The normalized spacial score (nSPS) is 9.68. The minimum absolute atomic E-state index is 0.286. The van der Waals surface area contributed by atoms with Crippen LogP contribution in [-0.2, 0) is 6.54 Å². The molecule has 1 N–H and O–H groups in total. The fourth-order valence-corrected chi connectivity index (χ4v) is 2.11. The molecule has 0 heterocycles. The summed E-state index contributed by atoms with van der Waals surface area (Å²) >= 11 is 3.45. The van der Waals surface area contributed by atoms with Crippen molar-refractivity contribution < 1.29 is 4.74 Å². The molecule has 2 aromatic carbocycles. The Morgan fingerprint density at radius 3 is 2.79 bits per heavy atom. The molecule has 2 nitrogen and oxygen atoms in total. The Hall–Kier alpha value is -1.92. The summed E-state index contributed by atoms with van der Waals surface area (Å²) in [5.41, 5.74) is 2.14. The van der Waals surface area contributed by atoms with Crippen LogP contribution in [0.3, 0.4) is 0 Å². The smallest absolute Gasteiger partial charge is 0.148 e. The third-order valence-electron chi connectivity index (χ3n) is 2.59. The van der Waals surface area contributed by atoms with Crippen LogP contribution < -0.4 is 10.1 Å². The highest BCUT2D eigenvalue weighted by Gasteiger charge is 2.02. The topological polar surface area (TPSA) is 21.3 Å². The van der Waals surface area contributed by atoms with Crippen LogP contribution in [0.5, 0.6) is 5.75 Å². The van der Waals surface area contributed by atoms with Gasteiger partial charge in [-0.2, -0.15) is 0 Å². The van der Waals surface area contributed by atoms with E-state index < -0.39 is 0 Å². The summed E-state index contributed by atoms with van der Waals surface area (Å²) in [5.74, 6) is 3.30. The first-order chi connectivity index (χ1) is 9.29. The lowest BCUT2D eigenvalue weighted by atomic mass is 10.2. The van der Waals surface area contributed by atoms with Gasteiger partial charge in [-0.15, -0.1) is 6.42 Å². The van der Waals surface area contributed by atoms with Gasteiger partial charge in [0.1, 0.15) is 12.4 Å². The van der Waals surface area contributed by atoms with Crippen LogP contribution in [0.4, 0.5) is 5.69 Å². The molecular weight excluding hydrogens is 302 g/mol. The molecule has 2 aromatic rings. The summed E-state index contributed by atoms with van der Waals surface area (Å²) in [6.07, 6.45) is 5.21. The maximum Gasteiger partial charge on any atom is 0.148 e. The average Bonchev–Trinajstić information content (AvgIpc) is 2.44. The Balaban J connectivity index is 2.05. The molecule has 0 unspecified atom stereocenters. The van der Waals surface area contributed by atoms with E-state index in [-0.39, 0.29) is 6.61 Å². The van der Waals surface area contributed by atoms with E-state index in [0.717, 1.165) is 21.5 Å². The SMILES string of the molecule is C#CCOc1ccccc1CNc1cccc(Br)c1. The molecule has 0 spiro atoms. The van der Waals surface area contributed by atoms with Crippen molar-refractivity contribution in [2.24, 2.45) is 0 Å². The van der Waals surface area contributed by atoms with E-state index in [0.29, 0.717) is 6.54 Å². The van der Waals surface area contributed by atoms with Crippen LogP contribution in [0.15, 0.2) is 53.0 Å². The first-order valence-corrected chi connectivity index (χ1v) is 6.72. The van der Waals surface area contributed by atoms with Crippen LogP contribution in [0.2, 0.25) is 0 Å². The maximum absolute atomic E-state index is 5.51. The highest BCUT2D eigenvalue weighted by molar-refractivity contribution is 9.10. The Kier molecular flexibility index (Phi) is 4.88. The molecule has 0 saturated carbocycles. The second-order valence-electron chi connectivity index (χ2n) is 3.96. The lowest BCUT2D eigenvalue weighted by molar-refractivity contribution is 0.366. The van der Waals surface area contributed by atoms with Crippen molar-refractivity contribution >= 4 is 21.6 Å². The number of nitrogens with one attached hydrogen (secondary N) is 1. The predicted molar refractivity (Wildman–Crippen MR) is 82.2 cm³/mol. The zero-order valence-electron chi connectivity index (χ0n) is 10.4. The van der Waals surface area contributed by atoms with Gasteiger partial charge < -0.3 is 10.1 Å². The van der Waals surface area contributed by atoms with Crippen molar-refractivity contribution in [1.82, 2.24) is 0 Å². The van der Waals surface area contributed by atoms with Crippen molar-refractivity contribution in [2.45, 2.75) is 6.54 Å². The molecule has 19 heavy (non-hydrogen) atoms. The van der Waals surface area contributed by atoms with Gasteiger partial charge in [0.25, 0.3) is 0 Å². The number of halogens is 1. The monoisotopic (exact) mass is 315 g/mol. The summed E-state index contributed by atoms with van der Waals surface area (Å²) in [7, 11) is 0. The molecular formula is C16H14BrNO. The summed E-state index contributed by atoms with van der Waals surface area (Å²) < 4.78 is 6.56. The number of hydrogen-bond acceptors (Lipinski definition) is 2. The minimum atomic E-state index is 0.286. The van der Waals surface area contributed by atoms with Crippen molar-refractivity contribution in [3.63, 3.8) is 0 Å². The quantitative estimate of drug-likeness (QED) is 0.840. The van der Waals surface area contributed by atoms with Crippen molar-refractivity contribution in [3.8, 4) is 18.1 Å². The molecule has 96 valence electrons. The van der Waals surface area contributed by atoms with Gasteiger partial charge in [0, 0.05) is 22.3 Å². The van der Waals surface area contributed by atoms with Crippen molar-refractivity contribution in [3.05, 3.63) is 58.6 Å². The second kappa shape index (κ2) is 6.86. The minimum Gasteiger partial charge on any atom is -0.481 e. The van der Waals surface area contributed by atoms with E-state index in [1.54, 1.807) is 0 Å². The van der Waals surface area contributed by atoms with E-state index in [9.17, 15) is 0 Å². The molecule has 0 saturated heterocycles. The number of hydrogen-bond donors (Lipinski definition) is 1. The first-order valence-electron chi connectivity index (χ1n) is 5.93. The highest BCUT2D eigenvalue weighted by Crippen LogP contribution is 2.21. The molecule has 0 aromatic heterocycles. The fourth-order valence-electron chi connectivity index (χ4n) is 1.71. The van der Waals surface area contributed by atoms with E-state index in [1.807, 2.05) is 48.5 Å². The number of anilines is 1. The van der Waals surface area contributed by atoms with Gasteiger partial charge in [-0.05, 0) is 24.3 Å². The number of ether oxygens (including phenoxy) is 1. The van der Waals surface area contributed by atoms with Gasteiger partial charge in [-0.3, -0.25) is 0 Å².